The van der Waals surface area contributed by atoms with Crippen LogP contribution in [0.2, 0.25) is 0 Å². The van der Waals surface area contributed by atoms with Gasteiger partial charge in [0.2, 0.25) is 0 Å². The fraction of sp³-hybridized carbons (Fsp3) is 0.375. The van der Waals surface area contributed by atoms with Crippen molar-refractivity contribution < 1.29 is 14.7 Å². The summed E-state index contributed by atoms with van der Waals surface area (Å²) < 4.78 is 1.65. The number of carboxylic acids is 1. The van der Waals surface area contributed by atoms with Gasteiger partial charge in [-0.25, -0.2) is 9.67 Å². The maximum atomic E-state index is 12.5. The lowest BCUT2D eigenvalue weighted by Gasteiger charge is -2.14. The number of aliphatic carboxylic acids is 1. The maximum absolute atomic E-state index is 12.5. The number of carbonyl (C=O) groups is 2. The molecule has 2 aromatic rings. The topological polar surface area (TPSA) is 97.1 Å². The van der Waals surface area contributed by atoms with Crippen molar-refractivity contribution in [2.24, 2.45) is 5.92 Å². The van der Waals surface area contributed by atoms with Crippen LogP contribution in [0.1, 0.15) is 35.2 Å². The van der Waals surface area contributed by atoms with Crippen LogP contribution in [0.5, 0.6) is 0 Å². The minimum atomic E-state index is -0.784. The lowest BCUT2D eigenvalue weighted by atomic mass is 10.1. The van der Waals surface area contributed by atoms with Gasteiger partial charge in [-0.15, -0.1) is 0 Å². The van der Waals surface area contributed by atoms with Gasteiger partial charge in [0.1, 0.15) is 12.7 Å². The third kappa shape index (κ3) is 3.56. The number of carboxylic acid groups (broad SMARTS) is 1. The van der Waals surface area contributed by atoms with E-state index in [-0.39, 0.29) is 17.9 Å². The molecule has 0 aliphatic heterocycles. The minimum Gasteiger partial charge on any atom is -0.481 e. The molecule has 23 heavy (non-hydrogen) atoms. The zero-order valence-electron chi connectivity index (χ0n) is 12.6. The van der Waals surface area contributed by atoms with Gasteiger partial charge in [0.15, 0.2) is 0 Å². The number of nitrogens with one attached hydrogen (secondary N) is 1. The van der Waals surface area contributed by atoms with Crippen LogP contribution in [0.15, 0.2) is 36.9 Å². The molecule has 1 heterocycles. The van der Waals surface area contributed by atoms with Gasteiger partial charge in [-0.1, -0.05) is 18.2 Å². The molecule has 1 aromatic carbocycles. The number of carbonyl (C=O) groups excluding carboxylic acids is 1. The van der Waals surface area contributed by atoms with E-state index in [1.165, 1.54) is 6.33 Å². The molecule has 1 aliphatic carbocycles. The first-order valence-electron chi connectivity index (χ1n) is 7.57. The standard InChI is InChI=1S/C16H18N4O3/c21-15(19-13-6-5-11(7-13)16(22)23)14-4-2-1-3-12(14)8-20-10-17-9-18-20/h1-4,9-11,13H,5-8H2,(H,19,21)(H,22,23)/t11-,13+/m0/s1. The van der Waals surface area contributed by atoms with E-state index in [2.05, 4.69) is 15.4 Å². The number of rotatable bonds is 5. The highest BCUT2D eigenvalue weighted by Gasteiger charge is 2.30. The van der Waals surface area contributed by atoms with E-state index in [9.17, 15) is 9.59 Å². The summed E-state index contributed by atoms with van der Waals surface area (Å²) in [6.45, 7) is 0.464. The first-order chi connectivity index (χ1) is 11.1. The molecule has 1 aliphatic rings. The van der Waals surface area contributed by atoms with Gasteiger partial charge in [-0.3, -0.25) is 9.59 Å². The van der Waals surface area contributed by atoms with Crippen LogP contribution in [0.25, 0.3) is 0 Å². The van der Waals surface area contributed by atoms with Gasteiger partial charge in [0.05, 0.1) is 12.5 Å². The van der Waals surface area contributed by atoms with E-state index < -0.39 is 5.97 Å². The molecule has 0 bridgehead atoms. The summed E-state index contributed by atoms with van der Waals surface area (Å²) in [5, 5.41) is 16.0. The quantitative estimate of drug-likeness (QED) is 0.867. The first-order valence-corrected chi connectivity index (χ1v) is 7.57. The van der Waals surface area contributed by atoms with Crippen molar-refractivity contribution >= 4 is 11.9 Å². The Morgan fingerprint density at radius 3 is 2.83 bits per heavy atom. The van der Waals surface area contributed by atoms with E-state index >= 15 is 0 Å². The predicted octanol–water partition coefficient (Wildman–Crippen LogP) is 1.31. The summed E-state index contributed by atoms with van der Waals surface area (Å²) in [6, 6.07) is 7.26. The molecule has 0 saturated heterocycles. The van der Waals surface area contributed by atoms with Gasteiger partial charge < -0.3 is 10.4 Å². The van der Waals surface area contributed by atoms with E-state index in [0.29, 0.717) is 31.4 Å². The molecule has 1 amide bonds. The lowest BCUT2D eigenvalue weighted by Crippen LogP contribution is -2.34. The number of benzene rings is 1. The molecule has 0 unspecified atom stereocenters. The monoisotopic (exact) mass is 314 g/mol. The van der Waals surface area contributed by atoms with E-state index in [0.717, 1.165) is 5.56 Å². The molecule has 120 valence electrons. The lowest BCUT2D eigenvalue weighted by molar-refractivity contribution is -0.141. The van der Waals surface area contributed by atoms with Gasteiger partial charge in [-0.05, 0) is 30.9 Å². The average molecular weight is 314 g/mol. The number of amides is 1. The number of hydrogen-bond donors (Lipinski definition) is 2. The molecule has 0 radical (unpaired) electrons. The molecule has 0 spiro atoms. The van der Waals surface area contributed by atoms with Crippen molar-refractivity contribution in [3.05, 3.63) is 48.0 Å². The highest BCUT2D eigenvalue weighted by atomic mass is 16.4. The Bertz CT molecular complexity index is 699. The Morgan fingerprint density at radius 1 is 1.30 bits per heavy atom. The Kier molecular flexibility index (Phi) is 4.36. The van der Waals surface area contributed by atoms with Crippen molar-refractivity contribution in [2.45, 2.75) is 31.8 Å². The molecular formula is C16H18N4O3. The molecule has 1 fully saturated rings. The number of aromatic nitrogens is 3. The number of hydrogen-bond acceptors (Lipinski definition) is 4. The van der Waals surface area contributed by atoms with E-state index in [4.69, 9.17) is 5.11 Å². The van der Waals surface area contributed by atoms with Crippen LogP contribution in [0.3, 0.4) is 0 Å². The second-order valence-electron chi connectivity index (χ2n) is 5.77. The SMILES string of the molecule is O=C(N[C@@H]1CC[C@H](C(=O)O)C1)c1ccccc1Cn1cncn1. The van der Waals surface area contributed by atoms with Crippen molar-refractivity contribution in [1.82, 2.24) is 20.1 Å². The minimum absolute atomic E-state index is 0.0805. The molecule has 2 atom stereocenters. The summed E-state index contributed by atoms with van der Waals surface area (Å²) in [5.41, 5.74) is 1.44. The third-order valence-corrected chi connectivity index (χ3v) is 4.18. The van der Waals surface area contributed by atoms with Crippen molar-refractivity contribution in [3.63, 3.8) is 0 Å². The van der Waals surface area contributed by atoms with Crippen LogP contribution < -0.4 is 5.32 Å². The zero-order valence-corrected chi connectivity index (χ0v) is 12.6. The van der Waals surface area contributed by atoms with Crippen LogP contribution in [0, 0.1) is 5.92 Å². The molecule has 7 heteroatoms. The fourth-order valence-corrected chi connectivity index (χ4v) is 2.97. The van der Waals surface area contributed by atoms with Gasteiger partial charge >= 0.3 is 5.97 Å². The highest BCUT2D eigenvalue weighted by molar-refractivity contribution is 5.95. The first kappa shape index (κ1) is 15.2. The molecule has 7 nitrogen and oxygen atoms in total. The van der Waals surface area contributed by atoms with Gasteiger partial charge in [-0.2, -0.15) is 5.10 Å². The van der Waals surface area contributed by atoms with Crippen LogP contribution in [-0.4, -0.2) is 37.8 Å². The van der Waals surface area contributed by atoms with Crippen molar-refractivity contribution in [2.75, 3.05) is 0 Å². The molecule has 1 saturated carbocycles. The smallest absolute Gasteiger partial charge is 0.306 e. The maximum Gasteiger partial charge on any atom is 0.306 e. The predicted molar refractivity (Wildman–Crippen MR) is 81.8 cm³/mol. The molecule has 2 N–H and O–H groups in total. The molecule has 1 aromatic heterocycles. The van der Waals surface area contributed by atoms with E-state index in [1.54, 1.807) is 17.1 Å². The summed E-state index contributed by atoms with van der Waals surface area (Å²) >= 11 is 0. The summed E-state index contributed by atoms with van der Waals surface area (Å²) in [7, 11) is 0. The Balaban J connectivity index is 1.69. The Labute approximate surface area is 133 Å². The summed E-state index contributed by atoms with van der Waals surface area (Å²) in [5.74, 6) is -1.31. The second kappa shape index (κ2) is 6.60. The Morgan fingerprint density at radius 2 is 2.13 bits per heavy atom. The Hall–Kier alpha value is -2.70. The normalized spacial score (nSPS) is 20.3. The number of nitrogens with zero attached hydrogens (tertiary/aromatic N) is 3. The zero-order chi connectivity index (χ0) is 16.2. The van der Waals surface area contributed by atoms with Gasteiger partial charge in [0.25, 0.3) is 5.91 Å². The van der Waals surface area contributed by atoms with Crippen molar-refractivity contribution in [3.8, 4) is 0 Å². The molecular weight excluding hydrogens is 296 g/mol. The van der Waals surface area contributed by atoms with Crippen LogP contribution in [-0.2, 0) is 11.3 Å². The highest BCUT2D eigenvalue weighted by Crippen LogP contribution is 2.26. The van der Waals surface area contributed by atoms with Crippen molar-refractivity contribution in [1.29, 1.82) is 0 Å². The summed E-state index contributed by atoms with van der Waals surface area (Å²) in [4.78, 5) is 27.4. The van der Waals surface area contributed by atoms with Crippen LogP contribution >= 0.6 is 0 Å². The van der Waals surface area contributed by atoms with E-state index in [1.807, 2.05) is 18.2 Å². The fourth-order valence-electron chi connectivity index (χ4n) is 2.97. The third-order valence-electron chi connectivity index (χ3n) is 4.18. The largest absolute Gasteiger partial charge is 0.481 e. The second-order valence-corrected chi connectivity index (χ2v) is 5.77. The molecule has 3 rings (SSSR count). The average Bonchev–Trinajstić information content (AvgIpc) is 3.19. The summed E-state index contributed by atoms with van der Waals surface area (Å²) in [6.07, 6.45) is 4.86. The van der Waals surface area contributed by atoms with Gasteiger partial charge in [0, 0.05) is 11.6 Å². The van der Waals surface area contributed by atoms with Crippen LogP contribution in [0.4, 0.5) is 0 Å².